The Balaban J connectivity index is 1.20. The Morgan fingerprint density at radius 1 is 1.22 bits per heavy atom. The molecule has 0 radical (unpaired) electrons. The zero-order valence-corrected chi connectivity index (χ0v) is 17.7. The summed E-state index contributed by atoms with van der Waals surface area (Å²) in [5.41, 5.74) is 3.96. The van der Waals surface area contributed by atoms with Crippen LogP contribution in [0.25, 0.3) is 0 Å². The first kappa shape index (κ1) is 20.4. The van der Waals surface area contributed by atoms with Crippen molar-refractivity contribution in [2.24, 2.45) is 10.9 Å². The van der Waals surface area contributed by atoms with Crippen molar-refractivity contribution in [3.63, 3.8) is 0 Å². The standard InChI is InChI=1S/C22H24N6O4/c1-28(13-19(32-25-28)24-22(31)26-11-10-23-14-26)16-8-6-15(7-9-16)12-27-20(29)17-4-2-3-5-18(17)21(27)30/h2-5,10-11,13-16,25H,6-9,12H2,1H3. The Labute approximate surface area is 184 Å². The van der Waals surface area contributed by atoms with E-state index in [1.807, 2.05) is 7.05 Å². The first-order chi connectivity index (χ1) is 15.4. The SMILES string of the molecule is C[N+]1(C2CCC(CN3C(=O)c4ccccc4C3=O)CC2)C=C(/N=C(\[O-])n2ccnc2)ON1. The fraction of sp³-hybridized carbons (Fsp3) is 0.364. The van der Waals surface area contributed by atoms with E-state index >= 15 is 0 Å². The molecule has 10 nitrogen and oxygen atoms in total. The number of hydrogen-bond donors (Lipinski definition) is 1. The highest BCUT2D eigenvalue weighted by atomic mass is 16.7. The summed E-state index contributed by atoms with van der Waals surface area (Å²) in [6, 6.07) is 6.74. The molecule has 1 fully saturated rings. The van der Waals surface area contributed by atoms with Gasteiger partial charge in [0, 0.05) is 37.4 Å². The fourth-order valence-electron chi connectivity index (χ4n) is 4.71. The predicted octanol–water partition coefficient (Wildman–Crippen LogP) is 0.998. The van der Waals surface area contributed by atoms with Crippen molar-refractivity contribution in [3.05, 3.63) is 66.2 Å². The second-order valence-electron chi connectivity index (χ2n) is 8.61. The highest BCUT2D eigenvalue weighted by Crippen LogP contribution is 2.34. The molecule has 1 aromatic carbocycles. The summed E-state index contributed by atoms with van der Waals surface area (Å²) in [6.07, 6.45) is 9.78. The average molecular weight is 436 g/mol. The quantitative estimate of drug-likeness (QED) is 0.331. The molecule has 3 aliphatic rings. The minimum Gasteiger partial charge on any atom is -0.845 e. The van der Waals surface area contributed by atoms with Crippen LogP contribution in [-0.2, 0) is 4.84 Å². The molecule has 1 N–H and O–H groups in total. The van der Waals surface area contributed by atoms with Crippen LogP contribution in [0.1, 0.15) is 46.4 Å². The van der Waals surface area contributed by atoms with E-state index in [4.69, 9.17) is 4.84 Å². The second-order valence-corrected chi connectivity index (χ2v) is 8.61. The molecular weight excluding hydrogens is 412 g/mol. The zero-order chi connectivity index (χ0) is 22.3. The van der Waals surface area contributed by atoms with Crippen molar-refractivity contribution in [3.8, 4) is 0 Å². The Morgan fingerprint density at radius 3 is 2.53 bits per heavy atom. The predicted molar refractivity (Wildman–Crippen MR) is 111 cm³/mol. The third-order valence-corrected chi connectivity index (χ3v) is 6.55. The molecular formula is C22H24N6O4. The van der Waals surface area contributed by atoms with Gasteiger partial charge in [-0.3, -0.25) is 14.5 Å². The molecule has 2 aliphatic heterocycles. The van der Waals surface area contributed by atoms with E-state index in [0.29, 0.717) is 22.3 Å². The van der Waals surface area contributed by atoms with Crippen LogP contribution in [0.5, 0.6) is 0 Å². The molecule has 1 aliphatic carbocycles. The van der Waals surface area contributed by atoms with Crippen LogP contribution in [-0.4, -0.2) is 56.5 Å². The summed E-state index contributed by atoms with van der Waals surface area (Å²) < 4.78 is 1.59. The highest BCUT2D eigenvalue weighted by molar-refractivity contribution is 6.21. The Kier molecular flexibility index (Phi) is 5.03. The number of quaternary nitrogens is 1. The molecule has 3 heterocycles. The number of nitrogens with zero attached hydrogens (tertiary/aromatic N) is 5. The molecule has 1 atom stereocenters. The summed E-state index contributed by atoms with van der Waals surface area (Å²) in [6.45, 7) is 0.447. The minimum absolute atomic E-state index is 0.196. The van der Waals surface area contributed by atoms with Crippen LogP contribution in [0.3, 0.4) is 0 Å². The largest absolute Gasteiger partial charge is 0.845 e. The number of imidazole rings is 1. The van der Waals surface area contributed by atoms with Crippen LogP contribution in [0.4, 0.5) is 0 Å². The third-order valence-electron chi connectivity index (χ3n) is 6.55. The van der Waals surface area contributed by atoms with E-state index in [0.717, 1.165) is 25.7 Å². The van der Waals surface area contributed by atoms with E-state index in [-0.39, 0.29) is 29.7 Å². The molecule has 2 aromatic rings. The number of aliphatic imine (C=N–C) groups is 1. The first-order valence-electron chi connectivity index (χ1n) is 10.7. The number of benzene rings is 1. The van der Waals surface area contributed by atoms with E-state index in [2.05, 4.69) is 15.6 Å². The maximum atomic E-state index is 12.6. The maximum absolute atomic E-state index is 12.6. The molecule has 5 rings (SSSR count). The number of hydrogen-bond acceptors (Lipinski definition) is 7. The number of carbonyl (C=O) groups is 2. The third kappa shape index (κ3) is 3.57. The van der Waals surface area contributed by atoms with Gasteiger partial charge in [-0.1, -0.05) is 12.1 Å². The van der Waals surface area contributed by atoms with Gasteiger partial charge in [-0.2, -0.15) is 4.59 Å². The second kappa shape index (κ2) is 7.88. The molecule has 1 aromatic heterocycles. The molecule has 1 saturated carbocycles. The van der Waals surface area contributed by atoms with Gasteiger partial charge in [-0.25, -0.2) is 9.98 Å². The molecule has 2 amide bonds. The van der Waals surface area contributed by atoms with E-state index in [1.165, 1.54) is 28.2 Å². The lowest BCUT2D eigenvalue weighted by Crippen LogP contribution is -2.55. The Bertz CT molecular complexity index is 1070. The van der Waals surface area contributed by atoms with Gasteiger partial charge in [-0.15, -0.1) is 0 Å². The number of amides is 2. The van der Waals surface area contributed by atoms with Crippen LogP contribution in [0, 0.1) is 5.92 Å². The number of carbonyl (C=O) groups excluding carboxylic acids is 2. The molecule has 1 unspecified atom stereocenters. The van der Waals surface area contributed by atoms with Crippen molar-refractivity contribution in [1.29, 1.82) is 0 Å². The van der Waals surface area contributed by atoms with Crippen LogP contribution in [0.2, 0.25) is 0 Å². The van der Waals surface area contributed by atoms with Gasteiger partial charge >= 0.3 is 0 Å². The first-order valence-corrected chi connectivity index (χ1v) is 10.7. The lowest BCUT2D eigenvalue weighted by molar-refractivity contribution is -0.945. The van der Waals surface area contributed by atoms with Crippen molar-refractivity contribution >= 4 is 17.8 Å². The van der Waals surface area contributed by atoms with Crippen LogP contribution < -0.4 is 10.7 Å². The summed E-state index contributed by atoms with van der Waals surface area (Å²) in [4.78, 5) is 40.0. The van der Waals surface area contributed by atoms with E-state index in [1.54, 1.807) is 30.5 Å². The molecule has 32 heavy (non-hydrogen) atoms. The number of imide groups is 1. The van der Waals surface area contributed by atoms with Crippen molar-refractivity contribution < 1.29 is 24.1 Å². The Morgan fingerprint density at radius 2 is 1.91 bits per heavy atom. The van der Waals surface area contributed by atoms with E-state index < -0.39 is 6.02 Å². The lowest BCUT2D eigenvalue weighted by atomic mass is 9.85. The summed E-state index contributed by atoms with van der Waals surface area (Å²) in [5.74, 6) is 0.0926. The normalized spacial score (nSPS) is 28.0. The van der Waals surface area contributed by atoms with Crippen LogP contribution in [0.15, 0.2) is 60.1 Å². The van der Waals surface area contributed by atoms with Gasteiger partial charge in [0.1, 0.15) is 6.04 Å². The van der Waals surface area contributed by atoms with E-state index in [9.17, 15) is 14.7 Å². The summed E-state index contributed by atoms with van der Waals surface area (Å²) >= 11 is 0. The van der Waals surface area contributed by atoms with Gasteiger partial charge in [0.15, 0.2) is 6.20 Å². The number of aromatic nitrogens is 2. The maximum Gasteiger partial charge on any atom is 0.300 e. The number of fused-ring (bicyclic) bond motifs is 1. The number of rotatable bonds is 4. The monoisotopic (exact) mass is 436 g/mol. The molecule has 10 heteroatoms. The van der Waals surface area contributed by atoms with Gasteiger partial charge in [0.05, 0.1) is 30.5 Å². The van der Waals surface area contributed by atoms with Gasteiger partial charge in [0.25, 0.3) is 17.7 Å². The Hall–Kier alpha value is -3.50. The number of nitrogens with one attached hydrogen (secondary N) is 1. The molecule has 0 bridgehead atoms. The van der Waals surface area contributed by atoms with Gasteiger partial charge in [-0.05, 0) is 30.9 Å². The summed E-state index contributed by atoms with van der Waals surface area (Å²) in [5, 5.41) is 12.1. The topological polar surface area (TPSA) is 112 Å². The highest BCUT2D eigenvalue weighted by Gasteiger charge is 2.42. The van der Waals surface area contributed by atoms with Gasteiger partial charge < -0.3 is 14.5 Å². The molecule has 166 valence electrons. The fourth-order valence-corrected chi connectivity index (χ4v) is 4.71. The smallest absolute Gasteiger partial charge is 0.300 e. The van der Waals surface area contributed by atoms with Crippen molar-refractivity contribution in [2.75, 3.05) is 13.6 Å². The average Bonchev–Trinajstić information content (AvgIpc) is 3.52. The van der Waals surface area contributed by atoms with Crippen LogP contribution >= 0.6 is 0 Å². The lowest BCUT2D eigenvalue weighted by Gasteiger charge is -2.37. The zero-order valence-electron chi connectivity index (χ0n) is 17.7. The van der Waals surface area contributed by atoms with Crippen molar-refractivity contribution in [1.82, 2.24) is 20.0 Å². The van der Waals surface area contributed by atoms with Gasteiger partial charge in [0.2, 0.25) is 0 Å². The van der Waals surface area contributed by atoms with Crippen molar-refractivity contribution in [2.45, 2.75) is 31.7 Å². The molecule has 0 saturated heterocycles. The summed E-state index contributed by atoms with van der Waals surface area (Å²) in [7, 11) is 1.97. The molecule has 0 spiro atoms. The minimum atomic E-state index is -0.478.